The van der Waals surface area contributed by atoms with Crippen LogP contribution in [-0.4, -0.2) is 19.2 Å². The topological polar surface area (TPSA) is 24.4 Å². The second kappa shape index (κ2) is 3.35. The summed E-state index contributed by atoms with van der Waals surface area (Å²) < 4.78 is 22.9. The molecule has 48 valence electrons. The van der Waals surface area contributed by atoms with Gasteiger partial charge in [0, 0.05) is 7.05 Å². The molecule has 0 aromatic heterocycles. The molecule has 0 fully saturated rings. The van der Waals surface area contributed by atoms with Crippen molar-refractivity contribution in [1.82, 2.24) is 5.43 Å². The lowest BCUT2D eigenvalue weighted by Gasteiger charge is -1.94. The van der Waals surface area contributed by atoms with Crippen LogP contribution >= 0.6 is 0 Å². The Labute approximate surface area is 46.6 Å². The smallest absolute Gasteiger partial charge is 0.278 e. The largest absolute Gasteiger partial charge is 0.313 e. The first-order valence-corrected chi connectivity index (χ1v) is 2.17. The molecule has 2 nitrogen and oxygen atoms in total. The van der Waals surface area contributed by atoms with E-state index in [1.165, 1.54) is 14.0 Å². The van der Waals surface area contributed by atoms with Crippen LogP contribution in [0, 0.1) is 0 Å². The fourth-order valence-electron chi connectivity index (χ4n) is 0.225. The molecule has 8 heavy (non-hydrogen) atoms. The number of nitrogens with one attached hydrogen (secondary N) is 1. The van der Waals surface area contributed by atoms with Crippen molar-refractivity contribution in [2.45, 2.75) is 13.3 Å². The maximum Gasteiger partial charge on any atom is 0.278 e. The normalized spacial score (nSPS) is 12.4. The van der Waals surface area contributed by atoms with Crippen LogP contribution in [0.3, 0.4) is 0 Å². The zero-order valence-corrected chi connectivity index (χ0v) is 4.78. The predicted molar refractivity (Wildman–Crippen MR) is 28.2 cm³/mol. The second-order valence-electron chi connectivity index (χ2n) is 1.28. The number of hydrogen-bond acceptors (Lipinski definition) is 2. The molecule has 0 aromatic carbocycles. The standard InChI is InChI=1S/C4H8F2N2/c1-3(4(5)6)8-7-2/h4,7H,1-2H3. The van der Waals surface area contributed by atoms with Crippen molar-refractivity contribution in [3.8, 4) is 0 Å². The second-order valence-corrected chi connectivity index (χ2v) is 1.28. The minimum atomic E-state index is -2.44. The van der Waals surface area contributed by atoms with Gasteiger partial charge in [0.1, 0.15) is 5.71 Å². The first-order valence-electron chi connectivity index (χ1n) is 2.17. The van der Waals surface area contributed by atoms with Gasteiger partial charge in [0.05, 0.1) is 0 Å². The maximum atomic E-state index is 11.4. The summed E-state index contributed by atoms with van der Waals surface area (Å²) >= 11 is 0. The van der Waals surface area contributed by atoms with E-state index in [1.54, 1.807) is 0 Å². The predicted octanol–water partition coefficient (Wildman–Crippen LogP) is 0.847. The van der Waals surface area contributed by atoms with Gasteiger partial charge in [0.2, 0.25) is 0 Å². The Bertz CT molecular complexity index is 90.0. The van der Waals surface area contributed by atoms with Crippen molar-refractivity contribution in [3.63, 3.8) is 0 Å². The molecule has 0 rings (SSSR count). The van der Waals surface area contributed by atoms with Crippen LogP contribution in [0.15, 0.2) is 5.10 Å². The summed E-state index contributed by atoms with van der Waals surface area (Å²) in [4.78, 5) is 0. The van der Waals surface area contributed by atoms with Gasteiger partial charge in [-0.2, -0.15) is 5.10 Å². The number of rotatable bonds is 2. The highest BCUT2D eigenvalue weighted by atomic mass is 19.3. The molecular formula is C4H8F2N2. The lowest BCUT2D eigenvalue weighted by molar-refractivity contribution is 0.224. The first kappa shape index (κ1) is 7.33. The number of hydrazone groups is 1. The van der Waals surface area contributed by atoms with Crippen LogP contribution in [0.1, 0.15) is 6.92 Å². The number of halogens is 2. The van der Waals surface area contributed by atoms with E-state index >= 15 is 0 Å². The average Bonchev–Trinajstić information content (AvgIpc) is 1.67. The summed E-state index contributed by atoms with van der Waals surface area (Å²) in [7, 11) is 1.48. The third kappa shape index (κ3) is 2.49. The third-order valence-corrected chi connectivity index (χ3v) is 0.604. The van der Waals surface area contributed by atoms with Crippen LogP contribution in [0.4, 0.5) is 8.78 Å². The van der Waals surface area contributed by atoms with Gasteiger partial charge in [0.25, 0.3) is 6.43 Å². The monoisotopic (exact) mass is 122 g/mol. The van der Waals surface area contributed by atoms with Crippen LogP contribution in [0.2, 0.25) is 0 Å². The van der Waals surface area contributed by atoms with Crippen molar-refractivity contribution < 1.29 is 8.78 Å². The van der Waals surface area contributed by atoms with Crippen molar-refractivity contribution in [2.75, 3.05) is 7.05 Å². The molecule has 1 N–H and O–H groups in total. The molecule has 0 amide bonds. The van der Waals surface area contributed by atoms with E-state index in [0.29, 0.717) is 0 Å². The number of nitrogens with zero attached hydrogens (tertiary/aromatic N) is 1. The number of hydrogen-bond donors (Lipinski definition) is 1. The molecule has 0 unspecified atom stereocenters. The molecule has 0 radical (unpaired) electrons. The summed E-state index contributed by atoms with van der Waals surface area (Å²) in [5.74, 6) is 0. The van der Waals surface area contributed by atoms with Crippen LogP contribution in [0.5, 0.6) is 0 Å². The van der Waals surface area contributed by atoms with Gasteiger partial charge in [-0.05, 0) is 6.92 Å². The zero-order chi connectivity index (χ0) is 6.57. The van der Waals surface area contributed by atoms with Gasteiger partial charge in [-0.1, -0.05) is 0 Å². The molecule has 4 heteroatoms. The summed E-state index contributed by atoms with van der Waals surface area (Å²) in [6.45, 7) is 1.27. The lowest BCUT2D eigenvalue weighted by Crippen LogP contribution is -2.09. The fourth-order valence-corrected chi connectivity index (χ4v) is 0.225. The Hall–Kier alpha value is -0.670. The Morgan fingerprint density at radius 3 is 2.25 bits per heavy atom. The highest BCUT2D eigenvalue weighted by Gasteiger charge is 2.04. The Kier molecular flexibility index (Phi) is 3.07. The summed E-state index contributed by atoms with van der Waals surface area (Å²) in [6, 6.07) is 0. The summed E-state index contributed by atoms with van der Waals surface area (Å²) in [5.41, 5.74) is 2.07. The lowest BCUT2D eigenvalue weighted by atomic mass is 10.5. The van der Waals surface area contributed by atoms with E-state index in [0.717, 1.165) is 0 Å². The molecule has 0 aliphatic rings. The van der Waals surface area contributed by atoms with Crippen LogP contribution in [-0.2, 0) is 0 Å². The molecular weight excluding hydrogens is 114 g/mol. The van der Waals surface area contributed by atoms with E-state index in [9.17, 15) is 8.78 Å². The maximum absolute atomic E-state index is 11.4. The van der Waals surface area contributed by atoms with Gasteiger partial charge in [-0.15, -0.1) is 0 Å². The quantitative estimate of drug-likeness (QED) is 0.426. The first-order chi connectivity index (χ1) is 3.68. The molecule has 0 saturated carbocycles. The minimum absolute atomic E-state index is 0.187. The average molecular weight is 122 g/mol. The van der Waals surface area contributed by atoms with Crippen molar-refractivity contribution in [1.29, 1.82) is 0 Å². The summed E-state index contributed by atoms with van der Waals surface area (Å²) in [5, 5.41) is 3.24. The molecule has 0 saturated heterocycles. The highest BCUT2D eigenvalue weighted by molar-refractivity contribution is 5.84. The molecule has 0 aromatic rings. The third-order valence-electron chi connectivity index (χ3n) is 0.604. The molecule has 0 aliphatic carbocycles. The van der Waals surface area contributed by atoms with E-state index in [-0.39, 0.29) is 5.71 Å². The zero-order valence-electron chi connectivity index (χ0n) is 4.78. The molecule has 0 aliphatic heterocycles. The van der Waals surface area contributed by atoms with Gasteiger partial charge in [0.15, 0.2) is 0 Å². The van der Waals surface area contributed by atoms with E-state index < -0.39 is 6.43 Å². The highest BCUT2D eigenvalue weighted by Crippen LogP contribution is 1.93. The number of alkyl halides is 2. The molecule has 0 atom stereocenters. The Balaban J connectivity index is 3.61. The fraction of sp³-hybridized carbons (Fsp3) is 0.750. The Morgan fingerprint density at radius 1 is 1.62 bits per heavy atom. The molecule has 0 spiro atoms. The van der Waals surface area contributed by atoms with Crippen molar-refractivity contribution >= 4 is 5.71 Å². The van der Waals surface area contributed by atoms with Crippen molar-refractivity contribution in [3.05, 3.63) is 0 Å². The van der Waals surface area contributed by atoms with Gasteiger partial charge < -0.3 is 5.43 Å². The van der Waals surface area contributed by atoms with Gasteiger partial charge in [-0.3, -0.25) is 0 Å². The van der Waals surface area contributed by atoms with E-state index in [2.05, 4.69) is 10.5 Å². The molecule has 0 heterocycles. The van der Waals surface area contributed by atoms with Crippen LogP contribution < -0.4 is 5.43 Å². The molecule has 0 bridgehead atoms. The van der Waals surface area contributed by atoms with E-state index in [4.69, 9.17) is 0 Å². The van der Waals surface area contributed by atoms with Gasteiger partial charge in [-0.25, -0.2) is 8.78 Å². The van der Waals surface area contributed by atoms with Crippen molar-refractivity contribution in [2.24, 2.45) is 5.10 Å². The SMILES string of the molecule is CNN=C(C)C(F)F. The van der Waals surface area contributed by atoms with Crippen LogP contribution in [0.25, 0.3) is 0 Å². The van der Waals surface area contributed by atoms with E-state index in [1.807, 2.05) is 0 Å². The van der Waals surface area contributed by atoms with Gasteiger partial charge >= 0.3 is 0 Å². The Morgan fingerprint density at radius 2 is 2.12 bits per heavy atom. The summed E-state index contributed by atoms with van der Waals surface area (Å²) in [6.07, 6.45) is -2.44. The minimum Gasteiger partial charge on any atom is -0.313 e.